The molecule has 1 aromatic rings. The molecule has 7 heteroatoms. The van der Waals surface area contributed by atoms with Crippen LogP contribution in [0.15, 0.2) is 23.1 Å². The van der Waals surface area contributed by atoms with Gasteiger partial charge in [0.25, 0.3) is 5.69 Å². The van der Waals surface area contributed by atoms with Gasteiger partial charge >= 0.3 is 0 Å². The van der Waals surface area contributed by atoms with E-state index in [2.05, 4.69) is 0 Å². The fourth-order valence-corrected chi connectivity index (χ4v) is 2.09. The lowest BCUT2D eigenvalue weighted by atomic mass is 10.3. The second-order valence-corrected chi connectivity index (χ2v) is 5.24. The molecule has 1 aromatic carbocycles. The third-order valence-corrected chi connectivity index (χ3v) is 3.64. The van der Waals surface area contributed by atoms with Crippen LogP contribution in [0.4, 0.5) is 5.69 Å². The molecule has 0 saturated heterocycles. The van der Waals surface area contributed by atoms with Crippen LogP contribution < -0.4 is 0 Å². The normalized spacial score (nSPS) is 9.94. The summed E-state index contributed by atoms with van der Waals surface area (Å²) in [6.07, 6.45) is 0. The summed E-state index contributed by atoms with van der Waals surface area (Å²) in [5, 5.41) is 11.1. The molecule has 0 atom stereocenters. The maximum atomic E-state index is 10.8. The van der Waals surface area contributed by atoms with Gasteiger partial charge in [-0.05, 0) is 12.1 Å². The average molecular weight is 277 g/mol. The van der Waals surface area contributed by atoms with Crippen LogP contribution in [0.1, 0.15) is 0 Å². The number of benzene rings is 1. The number of nitro groups is 1. The Morgan fingerprint density at radius 3 is 2.69 bits per heavy atom. The first-order valence-corrected chi connectivity index (χ1v) is 5.85. The van der Waals surface area contributed by atoms with Gasteiger partial charge in [0.15, 0.2) is 0 Å². The molecule has 1 rings (SSSR count). The highest BCUT2D eigenvalue weighted by Crippen LogP contribution is 2.32. The van der Waals surface area contributed by atoms with Crippen LogP contribution in [-0.4, -0.2) is 28.2 Å². The molecular formula is C9H9ClN2O2S2. The van der Waals surface area contributed by atoms with Crippen molar-refractivity contribution in [3.63, 3.8) is 0 Å². The number of nitro benzene ring substituents is 1. The average Bonchev–Trinajstić information content (AvgIpc) is 2.20. The molecule has 16 heavy (non-hydrogen) atoms. The summed E-state index contributed by atoms with van der Waals surface area (Å²) in [5.41, 5.74) is -0.0262. The molecule has 86 valence electrons. The van der Waals surface area contributed by atoms with Crippen molar-refractivity contribution in [3.8, 4) is 0 Å². The number of rotatable bonds is 2. The third kappa shape index (κ3) is 3.33. The SMILES string of the molecule is CN(C)C(=S)Sc1ccc(Cl)cc1[N+](=O)[O-]. The molecule has 0 N–H and O–H groups in total. The van der Waals surface area contributed by atoms with Crippen LogP contribution in [0.3, 0.4) is 0 Å². The van der Waals surface area contributed by atoms with Crippen LogP contribution in [0.25, 0.3) is 0 Å². The summed E-state index contributed by atoms with van der Waals surface area (Å²) in [4.78, 5) is 12.6. The van der Waals surface area contributed by atoms with Crippen molar-refractivity contribution in [1.82, 2.24) is 4.90 Å². The Morgan fingerprint density at radius 2 is 2.19 bits per heavy atom. The van der Waals surface area contributed by atoms with E-state index in [1.54, 1.807) is 31.1 Å². The van der Waals surface area contributed by atoms with Crippen molar-refractivity contribution >= 4 is 45.6 Å². The zero-order valence-corrected chi connectivity index (χ0v) is 11.0. The summed E-state index contributed by atoms with van der Waals surface area (Å²) in [6, 6.07) is 4.53. The molecule has 0 saturated carbocycles. The molecule has 0 unspecified atom stereocenters. The highest BCUT2D eigenvalue weighted by atomic mass is 35.5. The summed E-state index contributed by atoms with van der Waals surface area (Å²) < 4.78 is 0.561. The van der Waals surface area contributed by atoms with Gasteiger partial charge in [-0.3, -0.25) is 10.1 Å². The molecule has 0 spiro atoms. The Morgan fingerprint density at radius 1 is 1.56 bits per heavy atom. The van der Waals surface area contributed by atoms with Gasteiger partial charge in [-0.2, -0.15) is 0 Å². The zero-order valence-electron chi connectivity index (χ0n) is 8.64. The van der Waals surface area contributed by atoms with Crippen LogP contribution in [0.2, 0.25) is 5.02 Å². The highest BCUT2D eigenvalue weighted by Gasteiger charge is 2.16. The number of thioether (sulfide) groups is 1. The summed E-state index contributed by atoms with van der Waals surface area (Å²) in [7, 11) is 3.58. The van der Waals surface area contributed by atoms with Gasteiger partial charge in [-0.1, -0.05) is 35.6 Å². The van der Waals surface area contributed by atoms with Crippen LogP contribution in [-0.2, 0) is 0 Å². The number of nitrogens with zero attached hydrogens (tertiary/aromatic N) is 2. The maximum Gasteiger partial charge on any atom is 0.284 e. The van der Waals surface area contributed by atoms with E-state index in [4.69, 9.17) is 23.8 Å². The molecule has 4 nitrogen and oxygen atoms in total. The second-order valence-electron chi connectivity index (χ2n) is 3.13. The lowest BCUT2D eigenvalue weighted by Gasteiger charge is -2.12. The third-order valence-electron chi connectivity index (χ3n) is 1.68. The lowest BCUT2D eigenvalue weighted by Crippen LogP contribution is -2.15. The Bertz CT molecular complexity index is 438. The molecule has 0 fully saturated rings. The minimum Gasteiger partial charge on any atom is -0.363 e. The fraction of sp³-hybridized carbons (Fsp3) is 0.222. The molecule has 0 bridgehead atoms. The van der Waals surface area contributed by atoms with Crippen molar-refractivity contribution < 1.29 is 4.92 Å². The quantitative estimate of drug-likeness (QED) is 0.359. The lowest BCUT2D eigenvalue weighted by molar-refractivity contribution is -0.387. The summed E-state index contributed by atoms with van der Waals surface area (Å²) in [6.45, 7) is 0. The van der Waals surface area contributed by atoms with Crippen LogP contribution >= 0.6 is 35.6 Å². The minimum atomic E-state index is -0.466. The minimum absolute atomic E-state index is 0.0262. The first kappa shape index (κ1) is 13.2. The van der Waals surface area contributed by atoms with Gasteiger partial charge < -0.3 is 4.90 Å². The van der Waals surface area contributed by atoms with E-state index in [1.165, 1.54) is 17.8 Å². The van der Waals surface area contributed by atoms with Crippen molar-refractivity contribution in [2.45, 2.75) is 4.90 Å². The maximum absolute atomic E-state index is 10.8. The number of thiocarbonyl (C=S) groups is 1. The van der Waals surface area contributed by atoms with Gasteiger partial charge in [0.1, 0.15) is 4.32 Å². The monoisotopic (exact) mass is 276 g/mol. The first-order chi connectivity index (χ1) is 7.41. The number of halogens is 1. The van der Waals surface area contributed by atoms with Crippen LogP contribution in [0.5, 0.6) is 0 Å². The fourth-order valence-electron chi connectivity index (χ4n) is 0.905. The number of hydrogen-bond acceptors (Lipinski definition) is 4. The Balaban J connectivity index is 3.04. The molecular weight excluding hydrogens is 268 g/mol. The Kier molecular flexibility index (Phi) is 4.52. The van der Waals surface area contributed by atoms with E-state index in [9.17, 15) is 10.1 Å². The molecule has 0 aliphatic rings. The standard InChI is InChI=1S/C9H9ClN2O2S2/c1-11(2)9(15)16-8-4-3-6(10)5-7(8)12(13)14/h3-5H,1-2H3. The first-order valence-electron chi connectivity index (χ1n) is 4.25. The topological polar surface area (TPSA) is 46.4 Å². The van der Waals surface area contributed by atoms with E-state index in [0.717, 1.165) is 0 Å². The predicted molar refractivity (Wildman–Crippen MR) is 70.2 cm³/mol. The molecule has 0 aliphatic carbocycles. The molecule has 0 heterocycles. The van der Waals surface area contributed by atoms with Gasteiger partial charge in [0.05, 0.1) is 9.82 Å². The Hall–Kier alpha value is -0.850. The number of hydrogen-bond donors (Lipinski definition) is 0. The molecule has 0 aromatic heterocycles. The van der Waals surface area contributed by atoms with E-state index in [1.807, 2.05) is 0 Å². The molecule has 0 amide bonds. The second kappa shape index (κ2) is 5.47. The van der Waals surface area contributed by atoms with Gasteiger partial charge in [-0.15, -0.1) is 0 Å². The van der Waals surface area contributed by atoms with Crippen molar-refractivity contribution in [2.24, 2.45) is 0 Å². The smallest absolute Gasteiger partial charge is 0.284 e. The Labute approximate surface area is 108 Å². The van der Waals surface area contributed by atoms with E-state index in [-0.39, 0.29) is 5.69 Å². The predicted octanol–water partition coefficient (Wildman–Crippen LogP) is 3.19. The summed E-state index contributed by atoms with van der Waals surface area (Å²) >= 11 is 11.9. The molecule has 0 radical (unpaired) electrons. The van der Waals surface area contributed by atoms with E-state index >= 15 is 0 Å². The largest absolute Gasteiger partial charge is 0.363 e. The van der Waals surface area contributed by atoms with Crippen LogP contribution in [0, 0.1) is 10.1 Å². The summed E-state index contributed by atoms with van der Waals surface area (Å²) in [5.74, 6) is 0. The van der Waals surface area contributed by atoms with E-state index in [0.29, 0.717) is 14.2 Å². The van der Waals surface area contributed by atoms with Gasteiger partial charge in [-0.25, -0.2) is 0 Å². The van der Waals surface area contributed by atoms with Crippen molar-refractivity contribution in [3.05, 3.63) is 33.3 Å². The zero-order chi connectivity index (χ0) is 12.3. The van der Waals surface area contributed by atoms with E-state index < -0.39 is 4.92 Å². The molecule has 0 aliphatic heterocycles. The highest BCUT2D eigenvalue weighted by molar-refractivity contribution is 8.23. The van der Waals surface area contributed by atoms with Gasteiger partial charge in [0.2, 0.25) is 0 Å². The van der Waals surface area contributed by atoms with Crippen molar-refractivity contribution in [2.75, 3.05) is 14.1 Å². The van der Waals surface area contributed by atoms with Crippen molar-refractivity contribution in [1.29, 1.82) is 0 Å². The van der Waals surface area contributed by atoms with Gasteiger partial charge in [0, 0.05) is 25.2 Å².